The topological polar surface area (TPSA) is 91.0 Å². The van der Waals surface area contributed by atoms with Crippen molar-refractivity contribution in [2.75, 3.05) is 31.5 Å². The van der Waals surface area contributed by atoms with Crippen LogP contribution in [0, 0.1) is 5.82 Å². The molecule has 3 amide bonds. The molecule has 0 atom stereocenters. The van der Waals surface area contributed by atoms with Crippen LogP contribution in [0.25, 0.3) is 0 Å². The number of nitrogens with two attached hydrogens (primary N) is 1. The number of aliphatic imine (C=N–C) groups is 1. The first-order valence-corrected chi connectivity index (χ1v) is 9.18. The highest BCUT2D eigenvalue weighted by molar-refractivity contribution is 5.94. The quantitative estimate of drug-likeness (QED) is 0.780. The zero-order valence-electron chi connectivity index (χ0n) is 15.8. The molecular formula is C21H22FN5O2. The number of halogens is 1. The Morgan fingerprint density at radius 2 is 1.72 bits per heavy atom. The van der Waals surface area contributed by atoms with Crippen molar-refractivity contribution in [3.63, 3.8) is 0 Å². The van der Waals surface area contributed by atoms with E-state index in [0.29, 0.717) is 37.4 Å². The zero-order valence-corrected chi connectivity index (χ0v) is 15.8. The van der Waals surface area contributed by atoms with E-state index in [9.17, 15) is 14.0 Å². The number of allylic oxidation sites excluding steroid dienone is 1. The first-order valence-electron chi connectivity index (χ1n) is 9.18. The Bertz CT molecular complexity index is 919. The summed E-state index contributed by atoms with van der Waals surface area (Å²) in [5, 5.41) is 2.84. The molecule has 7 nitrogen and oxygen atoms in total. The maximum atomic E-state index is 13.3. The summed E-state index contributed by atoms with van der Waals surface area (Å²) >= 11 is 0. The predicted molar refractivity (Wildman–Crippen MR) is 111 cm³/mol. The molecular weight excluding hydrogens is 373 g/mol. The second-order valence-electron chi connectivity index (χ2n) is 6.43. The maximum Gasteiger partial charge on any atom is 0.321 e. The largest absolute Gasteiger partial charge is 0.405 e. The van der Waals surface area contributed by atoms with Crippen LogP contribution in [0.4, 0.5) is 20.6 Å². The van der Waals surface area contributed by atoms with Gasteiger partial charge in [-0.2, -0.15) is 0 Å². The monoisotopic (exact) mass is 395 g/mol. The van der Waals surface area contributed by atoms with Crippen LogP contribution in [0.15, 0.2) is 65.8 Å². The number of anilines is 1. The number of hydrogen-bond donors (Lipinski definition) is 2. The Balaban J connectivity index is 1.51. The molecule has 3 N–H and O–H groups in total. The van der Waals surface area contributed by atoms with E-state index < -0.39 is 5.82 Å². The van der Waals surface area contributed by atoms with Gasteiger partial charge >= 0.3 is 6.03 Å². The molecule has 0 bridgehead atoms. The van der Waals surface area contributed by atoms with Gasteiger partial charge in [0.1, 0.15) is 5.82 Å². The fraction of sp³-hybridized carbons (Fsp3) is 0.190. The summed E-state index contributed by atoms with van der Waals surface area (Å²) in [5.74, 6) is -0.674. The molecule has 0 saturated carbocycles. The Morgan fingerprint density at radius 1 is 1.03 bits per heavy atom. The van der Waals surface area contributed by atoms with Crippen LogP contribution in [-0.2, 0) is 0 Å². The van der Waals surface area contributed by atoms with Gasteiger partial charge in [-0.3, -0.25) is 9.79 Å². The van der Waals surface area contributed by atoms with Gasteiger partial charge in [0.2, 0.25) is 0 Å². The third-order valence-corrected chi connectivity index (χ3v) is 4.47. The summed E-state index contributed by atoms with van der Waals surface area (Å²) in [4.78, 5) is 32.4. The number of urea groups is 1. The first-order chi connectivity index (χ1) is 14.1. The third kappa shape index (κ3) is 5.41. The van der Waals surface area contributed by atoms with Gasteiger partial charge < -0.3 is 20.9 Å². The van der Waals surface area contributed by atoms with E-state index in [1.54, 1.807) is 52.4 Å². The molecule has 0 spiro atoms. The lowest BCUT2D eigenvalue weighted by Gasteiger charge is -2.34. The highest BCUT2D eigenvalue weighted by atomic mass is 19.1. The zero-order chi connectivity index (χ0) is 20.6. The van der Waals surface area contributed by atoms with Crippen molar-refractivity contribution in [3.05, 3.63) is 72.2 Å². The molecule has 2 aromatic carbocycles. The van der Waals surface area contributed by atoms with Crippen LogP contribution in [0.2, 0.25) is 0 Å². The number of nitrogens with one attached hydrogen (secondary N) is 1. The lowest BCUT2D eigenvalue weighted by molar-refractivity contribution is 0.0671. The summed E-state index contributed by atoms with van der Waals surface area (Å²) in [6.07, 6.45) is 4.59. The minimum Gasteiger partial charge on any atom is -0.405 e. The number of amides is 3. The van der Waals surface area contributed by atoms with Gasteiger partial charge in [0.25, 0.3) is 5.91 Å². The molecule has 2 aromatic rings. The van der Waals surface area contributed by atoms with E-state index in [1.165, 1.54) is 24.4 Å². The van der Waals surface area contributed by atoms with Crippen LogP contribution in [0.5, 0.6) is 0 Å². The normalized spacial score (nSPS) is 14.5. The summed E-state index contributed by atoms with van der Waals surface area (Å²) in [6.45, 7) is 1.59. The average Bonchev–Trinajstić information content (AvgIpc) is 2.75. The third-order valence-electron chi connectivity index (χ3n) is 4.47. The number of piperazine rings is 1. The minimum atomic E-state index is -0.443. The number of carbonyl (C=O) groups is 2. The van der Waals surface area contributed by atoms with Crippen molar-refractivity contribution < 1.29 is 14.0 Å². The van der Waals surface area contributed by atoms with Gasteiger partial charge in [0, 0.05) is 43.6 Å². The first kappa shape index (κ1) is 20.1. The second kappa shape index (κ2) is 9.50. The Hall–Kier alpha value is -3.68. The molecule has 1 heterocycles. The second-order valence-corrected chi connectivity index (χ2v) is 6.43. The molecule has 0 aliphatic carbocycles. The molecule has 1 aliphatic heterocycles. The lowest BCUT2D eigenvalue weighted by Crippen LogP contribution is -2.51. The Labute approximate surface area is 168 Å². The molecule has 1 fully saturated rings. The minimum absolute atomic E-state index is 0.231. The lowest BCUT2D eigenvalue weighted by atomic mass is 10.2. The van der Waals surface area contributed by atoms with Crippen LogP contribution < -0.4 is 11.1 Å². The number of nitrogens with zero attached hydrogens (tertiary/aromatic N) is 3. The van der Waals surface area contributed by atoms with Crippen LogP contribution in [0.3, 0.4) is 0 Å². The Morgan fingerprint density at radius 3 is 2.38 bits per heavy atom. The van der Waals surface area contributed by atoms with E-state index in [4.69, 9.17) is 5.73 Å². The smallest absolute Gasteiger partial charge is 0.321 e. The fourth-order valence-corrected chi connectivity index (χ4v) is 2.93. The standard InChI is InChI=1S/C21H22FN5O2/c22-17-4-1-3-16(15-17)20(28)26-11-13-27(14-12-26)21(29)25-19-7-5-18(6-8-19)24-10-2-9-23/h1-10,15H,11-14,23H2,(H,25,29)/b9-2-,24-10?. The molecule has 1 saturated heterocycles. The van der Waals surface area contributed by atoms with Crippen LogP contribution >= 0.6 is 0 Å². The molecule has 8 heteroatoms. The van der Waals surface area contributed by atoms with Gasteiger partial charge in [0.15, 0.2) is 0 Å². The van der Waals surface area contributed by atoms with E-state index in [-0.39, 0.29) is 11.9 Å². The van der Waals surface area contributed by atoms with Crippen molar-refractivity contribution in [1.82, 2.24) is 9.80 Å². The van der Waals surface area contributed by atoms with E-state index >= 15 is 0 Å². The summed E-state index contributed by atoms with van der Waals surface area (Å²) in [6, 6.07) is 12.5. The highest BCUT2D eigenvalue weighted by Gasteiger charge is 2.25. The van der Waals surface area contributed by atoms with E-state index in [0.717, 1.165) is 5.69 Å². The average molecular weight is 395 g/mol. The van der Waals surface area contributed by atoms with Gasteiger partial charge in [-0.05, 0) is 54.7 Å². The summed E-state index contributed by atoms with van der Waals surface area (Å²) in [5.41, 5.74) is 6.95. The Kier molecular flexibility index (Phi) is 6.57. The van der Waals surface area contributed by atoms with Crippen LogP contribution in [-0.4, -0.2) is 54.1 Å². The van der Waals surface area contributed by atoms with Gasteiger partial charge in [-0.1, -0.05) is 6.07 Å². The van der Waals surface area contributed by atoms with E-state index in [1.807, 2.05) is 0 Å². The molecule has 150 valence electrons. The summed E-state index contributed by atoms with van der Waals surface area (Å²) in [7, 11) is 0. The molecule has 1 aliphatic rings. The molecule has 29 heavy (non-hydrogen) atoms. The molecule has 3 rings (SSSR count). The predicted octanol–water partition coefficient (Wildman–Crippen LogP) is 2.99. The van der Waals surface area contributed by atoms with Gasteiger partial charge in [0.05, 0.1) is 5.69 Å². The van der Waals surface area contributed by atoms with Crippen molar-refractivity contribution in [2.45, 2.75) is 0 Å². The van der Waals surface area contributed by atoms with Crippen molar-refractivity contribution >= 4 is 29.5 Å². The van der Waals surface area contributed by atoms with Crippen molar-refractivity contribution in [3.8, 4) is 0 Å². The van der Waals surface area contributed by atoms with Crippen LogP contribution in [0.1, 0.15) is 10.4 Å². The van der Waals surface area contributed by atoms with Gasteiger partial charge in [-0.25, -0.2) is 9.18 Å². The number of rotatable bonds is 4. The number of hydrogen-bond acceptors (Lipinski definition) is 4. The van der Waals surface area contributed by atoms with Crippen molar-refractivity contribution in [2.24, 2.45) is 10.7 Å². The number of benzene rings is 2. The van der Waals surface area contributed by atoms with Gasteiger partial charge in [-0.15, -0.1) is 0 Å². The molecule has 0 radical (unpaired) electrons. The molecule has 0 aromatic heterocycles. The highest BCUT2D eigenvalue weighted by Crippen LogP contribution is 2.17. The fourth-order valence-electron chi connectivity index (χ4n) is 2.93. The number of carbonyl (C=O) groups excluding carboxylic acids is 2. The SMILES string of the molecule is N/C=C\C=Nc1ccc(NC(=O)N2CCN(C(=O)c3cccc(F)c3)CC2)cc1. The summed E-state index contributed by atoms with van der Waals surface area (Å²) < 4.78 is 13.3. The van der Waals surface area contributed by atoms with E-state index in [2.05, 4.69) is 10.3 Å². The van der Waals surface area contributed by atoms with Crippen molar-refractivity contribution in [1.29, 1.82) is 0 Å². The molecule has 0 unspecified atom stereocenters. The maximum absolute atomic E-state index is 13.3.